The first kappa shape index (κ1) is 15.3. The molecule has 0 amide bonds. The van der Waals surface area contributed by atoms with E-state index in [1.165, 1.54) is 45.2 Å². The van der Waals surface area contributed by atoms with Gasteiger partial charge in [-0.3, -0.25) is 0 Å². The maximum Gasteiger partial charge on any atom is 0.0693 e. The lowest BCUT2D eigenvalue weighted by Gasteiger charge is -2.40. The summed E-state index contributed by atoms with van der Waals surface area (Å²) >= 11 is 0. The zero-order valence-electron chi connectivity index (χ0n) is 12.8. The minimum absolute atomic E-state index is 0.112. The van der Waals surface area contributed by atoms with Crippen molar-refractivity contribution in [1.82, 2.24) is 10.2 Å². The third-order valence-corrected chi connectivity index (χ3v) is 5.06. The Labute approximate surface area is 118 Å². The quantitative estimate of drug-likeness (QED) is 0.803. The van der Waals surface area contributed by atoms with Crippen molar-refractivity contribution < 1.29 is 5.11 Å². The Morgan fingerprint density at radius 2 is 2.00 bits per heavy atom. The van der Waals surface area contributed by atoms with E-state index in [1.807, 2.05) is 0 Å². The van der Waals surface area contributed by atoms with Gasteiger partial charge in [0.15, 0.2) is 0 Å². The number of hydrogen-bond donors (Lipinski definition) is 2. The summed E-state index contributed by atoms with van der Waals surface area (Å²) < 4.78 is 0. The maximum atomic E-state index is 10.0. The topological polar surface area (TPSA) is 35.5 Å². The fraction of sp³-hybridized carbons (Fsp3) is 1.00. The predicted molar refractivity (Wildman–Crippen MR) is 80.3 cm³/mol. The molecule has 3 heteroatoms. The van der Waals surface area contributed by atoms with E-state index in [9.17, 15) is 5.11 Å². The molecule has 2 rings (SSSR count). The van der Waals surface area contributed by atoms with Gasteiger partial charge in [-0.15, -0.1) is 0 Å². The number of nitrogens with one attached hydrogen (secondary N) is 1. The van der Waals surface area contributed by atoms with Crippen molar-refractivity contribution in [1.29, 1.82) is 0 Å². The first-order chi connectivity index (χ1) is 9.20. The fourth-order valence-corrected chi connectivity index (χ4v) is 3.64. The number of likely N-dealkylation sites (tertiary alicyclic amines) is 1. The normalized spacial score (nSPS) is 37.4. The highest BCUT2D eigenvalue weighted by molar-refractivity contribution is 4.85. The number of piperidine rings is 1. The zero-order chi connectivity index (χ0) is 13.7. The smallest absolute Gasteiger partial charge is 0.0693 e. The Hall–Kier alpha value is -0.120. The van der Waals surface area contributed by atoms with Gasteiger partial charge in [0.1, 0.15) is 0 Å². The lowest BCUT2D eigenvalue weighted by molar-refractivity contribution is 0.0174. The largest absolute Gasteiger partial charge is 0.392 e. The second-order valence-corrected chi connectivity index (χ2v) is 6.70. The third-order valence-electron chi connectivity index (χ3n) is 5.06. The average molecular weight is 268 g/mol. The third kappa shape index (κ3) is 4.44. The molecule has 0 aromatic rings. The zero-order valence-corrected chi connectivity index (χ0v) is 12.8. The molecule has 2 N–H and O–H groups in total. The van der Waals surface area contributed by atoms with Gasteiger partial charge >= 0.3 is 0 Å². The summed E-state index contributed by atoms with van der Waals surface area (Å²) in [6.07, 6.45) is 7.75. The molecule has 112 valence electrons. The summed E-state index contributed by atoms with van der Waals surface area (Å²) in [4.78, 5) is 2.50. The van der Waals surface area contributed by atoms with E-state index in [0.717, 1.165) is 25.4 Å². The van der Waals surface area contributed by atoms with Crippen molar-refractivity contribution in [3.63, 3.8) is 0 Å². The maximum absolute atomic E-state index is 10.0. The molecule has 0 aromatic heterocycles. The summed E-state index contributed by atoms with van der Waals surface area (Å²) in [5.41, 5.74) is 0. The SMILES string of the molecule is CCCNC1CCCCC1CN1CCC(C)C(O)C1. The van der Waals surface area contributed by atoms with Gasteiger partial charge in [-0.25, -0.2) is 0 Å². The van der Waals surface area contributed by atoms with E-state index in [-0.39, 0.29) is 6.10 Å². The fourth-order valence-electron chi connectivity index (χ4n) is 3.64. The number of nitrogens with zero attached hydrogens (tertiary/aromatic N) is 1. The molecule has 2 aliphatic rings. The van der Waals surface area contributed by atoms with Gasteiger partial charge < -0.3 is 15.3 Å². The van der Waals surface area contributed by atoms with Gasteiger partial charge in [-0.05, 0) is 50.6 Å². The van der Waals surface area contributed by atoms with E-state index >= 15 is 0 Å². The van der Waals surface area contributed by atoms with Crippen LogP contribution < -0.4 is 5.32 Å². The van der Waals surface area contributed by atoms with Crippen LogP contribution >= 0.6 is 0 Å². The highest BCUT2D eigenvalue weighted by atomic mass is 16.3. The number of rotatable bonds is 5. The van der Waals surface area contributed by atoms with Crippen molar-refractivity contribution in [3.8, 4) is 0 Å². The number of aliphatic hydroxyl groups excluding tert-OH is 1. The van der Waals surface area contributed by atoms with Crippen LogP contribution in [0.5, 0.6) is 0 Å². The van der Waals surface area contributed by atoms with Crippen LogP contribution in [0.1, 0.15) is 52.4 Å². The molecular formula is C16H32N2O. The molecule has 0 spiro atoms. The van der Waals surface area contributed by atoms with Crippen LogP contribution in [-0.2, 0) is 0 Å². The van der Waals surface area contributed by atoms with Gasteiger partial charge in [0.25, 0.3) is 0 Å². The molecule has 1 saturated heterocycles. The molecule has 19 heavy (non-hydrogen) atoms. The van der Waals surface area contributed by atoms with Crippen LogP contribution in [0.15, 0.2) is 0 Å². The van der Waals surface area contributed by atoms with Gasteiger partial charge in [0, 0.05) is 19.1 Å². The standard InChI is InChI=1S/C16H32N2O/c1-3-9-17-15-7-5-4-6-14(15)11-18-10-8-13(2)16(19)12-18/h13-17,19H,3-12H2,1-2H3. The first-order valence-corrected chi connectivity index (χ1v) is 8.34. The molecule has 1 aliphatic carbocycles. The minimum atomic E-state index is -0.112. The first-order valence-electron chi connectivity index (χ1n) is 8.34. The number of aliphatic hydroxyl groups is 1. The van der Waals surface area contributed by atoms with Crippen LogP contribution in [0.25, 0.3) is 0 Å². The molecule has 2 fully saturated rings. The Kier molecular flexibility index (Phi) is 6.11. The van der Waals surface area contributed by atoms with Gasteiger partial charge in [0.05, 0.1) is 6.10 Å². The average Bonchev–Trinajstić information content (AvgIpc) is 2.42. The molecule has 0 radical (unpaired) electrons. The van der Waals surface area contributed by atoms with Crippen molar-refractivity contribution >= 4 is 0 Å². The second kappa shape index (κ2) is 7.61. The second-order valence-electron chi connectivity index (χ2n) is 6.70. The summed E-state index contributed by atoms with van der Waals surface area (Å²) in [5.74, 6) is 1.28. The van der Waals surface area contributed by atoms with E-state index in [2.05, 4.69) is 24.1 Å². The Morgan fingerprint density at radius 3 is 2.74 bits per heavy atom. The number of hydrogen-bond acceptors (Lipinski definition) is 3. The summed E-state index contributed by atoms with van der Waals surface area (Å²) in [6.45, 7) is 8.82. The molecule has 0 aromatic carbocycles. The van der Waals surface area contributed by atoms with Crippen LogP contribution in [0.4, 0.5) is 0 Å². The monoisotopic (exact) mass is 268 g/mol. The van der Waals surface area contributed by atoms with Gasteiger partial charge in [0.2, 0.25) is 0 Å². The summed E-state index contributed by atoms with van der Waals surface area (Å²) in [7, 11) is 0. The summed E-state index contributed by atoms with van der Waals surface area (Å²) in [6, 6.07) is 0.713. The van der Waals surface area contributed by atoms with Crippen LogP contribution in [0.3, 0.4) is 0 Å². The number of β-amino-alcohol motifs (C(OH)–C–C–N with tert-alkyl or cyclic N) is 1. The molecular weight excluding hydrogens is 236 g/mol. The lowest BCUT2D eigenvalue weighted by atomic mass is 9.83. The van der Waals surface area contributed by atoms with E-state index in [4.69, 9.17) is 0 Å². The minimum Gasteiger partial charge on any atom is -0.392 e. The molecule has 3 nitrogen and oxygen atoms in total. The van der Waals surface area contributed by atoms with Crippen molar-refractivity contribution in [2.45, 2.75) is 64.5 Å². The highest BCUT2D eigenvalue weighted by Gasteiger charge is 2.30. The van der Waals surface area contributed by atoms with Crippen LogP contribution in [-0.4, -0.2) is 48.3 Å². The lowest BCUT2D eigenvalue weighted by Crippen LogP contribution is -2.49. The molecule has 1 heterocycles. The van der Waals surface area contributed by atoms with Crippen molar-refractivity contribution in [2.24, 2.45) is 11.8 Å². The van der Waals surface area contributed by atoms with Gasteiger partial charge in [-0.1, -0.05) is 26.7 Å². The molecule has 1 saturated carbocycles. The molecule has 1 aliphatic heterocycles. The van der Waals surface area contributed by atoms with E-state index in [1.54, 1.807) is 0 Å². The molecule has 4 unspecified atom stereocenters. The van der Waals surface area contributed by atoms with Crippen molar-refractivity contribution in [2.75, 3.05) is 26.2 Å². The molecule has 4 atom stereocenters. The highest BCUT2D eigenvalue weighted by Crippen LogP contribution is 2.27. The Balaban J connectivity index is 1.81. The Morgan fingerprint density at radius 1 is 1.21 bits per heavy atom. The van der Waals surface area contributed by atoms with Crippen LogP contribution in [0.2, 0.25) is 0 Å². The Bertz CT molecular complexity index is 259. The predicted octanol–water partition coefficient (Wildman–Crippen LogP) is 2.25. The van der Waals surface area contributed by atoms with Crippen LogP contribution in [0, 0.1) is 11.8 Å². The molecule has 0 bridgehead atoms. The van der Waals surface area contributed by atoms with Crippen molar-refractivity contribution in [3.05, 3.63) is 0 Å². The summed E-state index contributed by atoms with van der Waals surface area (Å²) in [5, 5.41) is 13.8. The van der Waals surface area contributed by atoms with E-state index < -0.39 is 0 Å². The van der Waals surface area contributed by atoms with Gasteiger partial charge in [-0.2, -0.15) is 0 Å². The van der Waals surface area contributed by atoms with E-state index in [0.29, 0.717) is 12.0 Å².